The molecule has 1 aliphatic heterocycles. The fourth-order valence-corrected chi connectivity index (χ4v) is 4.62. The van der Waals surface area contributed by atoms with Crippen LogP contribution in [-0.2, 0) is 6.61 Å². The van der Waals surface area contributed by atoms with Gasteiger partial charge in [-0.3, -0.25) is 0 Å². The second-order valence-corrected chi connectivity index (χ2v) is 8.12. The molecule has 0 aliphatic carbocycles. The number of fused-ring (bicyclic) bond motifs is 1. The third kappa shape index (κ3) is 4.63. The van der Waals surface area contributed by atoms with E-state index in [1.54, 1.807) is 35.5 Å². The zero-order valence-electron chi connectivity index (χ0n) is 14.9. The van der Waals surface area contributed by atoms with Crippen LogP contribution in [0, 0.1) is 5.82 Å². The number of carbonyl (C=O) groups excluding carboxylic acids is 1. The smallest absolute Gasteiger partial charge is 0.319 e. The van der Waals surface area contributed by atoms with Gasteiger partial charge >= 0.3 is 6.03 Å². The number of nitrogens with one attached hydrogen (secondary N) is 2. The first kappa shape index (κ1) is 18.8. The molecule has 0 bridgehead atoms. The second kappa shape index (κ2) is 8.62. The largest absolute Gasteiger partial charge is 0.487 e. The molecule has 8 heteroatoms. The van der Waals surface area contributed by atoms with Crippen LogP contribution in [0.4, 0.5) is 14.9 Å². The van der Waals surface area contributed by atoms with E-state index in [0.717, 1.165) is 28.3 Å². The van der Waals surface area contributed by atoms with Gasteiger partial charge in [0.25, 0.3) is 0 Å². The standard InChI is InChI=1S/C20H18FN3O2S2/c21-13-4-5-19-17(8-13)18(6-7-28-19)24-20(25)23-14-2-1-3-16(9-14)26-10-15-11-27-12-22-15/h1-5,8-9,11-12,18H,6-7,10H2,(H2,23,24,25). The Labute approximate surface area is 170 Å². The van der Waals surface area contributed by atoms with Crippen LogP contribution < -0.4 is 15.4 Å². The highest BCUT2D eigenvalue weighted by Crippen LogP contribution is 2.36. The first-order valence-electron chi connectivity index (χ1n) is 8.77. The maximum Gasteiger partial charge on any atom is 0.319 e. The average Bonchev–Trinajstić information content (AvgIpc) is 3.21. The van der Waals surface area contributed by atoms with E-state index in [9.17, 15) is 9.18 Å². The molecule has 1 aliphatic rings. The number of hydrogen-bond donors (Lipinski definition) is 2. The van der Waals surface area contributed by atoms with E-state index >= 15 is 0 Å². The lowest BCUT2D eigenvalue weighted by Gasteiger charge is -2.26. The van der Waals surface area contributed by atoms with Gasteiger partial charge in [-0.25, -0.2) is 14.2 Å². The number of thioether (sulfide) groups is 1. The number of aromatic nitrogens is 1. The molecule has 2 aromatic carbocycles. The van der Waals surface area contributed by atoms with Crippen molar-refractivity contribution >= 4 is 34.8 Å². The topological polar surface area (TPSA) is 63.2 Å². The van der Waals surface area contributed by atoms with Gasteiger partial charge in [-0.15, -0.1) is 23.1 Å². The summed E-state index contributed by atoms with van der Waals surface area (Å²) < 4.78 is 19.3. The molecule has 0 spiro atoms. The highest BCUT2D eigenvalue weighted by Gasteiger charge is 2.23. The second-order valence-electron chi connectivity index (χ2n) is 6.27. The molecule has 2 amide bonds. The third-order valence-electron chi connectivity index (χ3n) is 4.28. The molecule has 2 heterocycles. The predicted molar refractivity (Wildman–Crippen MR) is 110 cm³/mol. The van der Waals surface area contributed by atoms with Crippen LogP contribution in [0.2, 0.25) is 0 Å². The first-order chi connectivity index (χ1) is 13.7. The molecule has 0 radical (unpaired) electrons. The van der Waals surface area contributed by atoms with E-state index in [1.165, 1.54) is 23.5 Å². The highest BCUT2D eigenvalue weighted by molar-refractivity contribution is 7.99. The quantitative estimate of drug-likeness (QED) is 0.600. The third-order valence-corrected chi connectivity index (χ3v) is 6.04. The van der Waals surface area contributed by atoms with Crippen LogP contribution in [0.5, 0.6) is 5.75 Å². The highest BCUT2D eigenvalue weighted by atomic mass is 32.2. The summed E-state index contributed by atoms with van der Waals surface area (Å²) in [5, 5.41) is 7.70. The summed E-state index contributed by atoms with van der Waals surface area (Å²) in [5.74, 6) is 1.23. The molecular weight excluding hydrogens is 397 g/mol. The Balaban J connectivity index is 1.38. The van der Waals surface area contributed by atoms with E-state index in [4.69, 9.17) is 4.74 Å². The molecule has 144 valence electrons. The summed E-state index contributed by atoms with van der Waals surface area (Å²) in [7, 11) is 0. The molecule has 1 aromatic heterocycles. The van der Waals surface area contributed by atoms with Gasteiger partial charge in [0.1, 0.15) is 18.2 Å². The van der Waals surface area contributed by atoms with E-state index in [0.29, 0.717) is 18.0 Å². The Morgan fingerprint density at radius 1 is 1.29 bits per heavy atom. The lowest BCUT2D eigenvalue weighted by molar-refractivity contribution is 0.248. The zero-order valence-corrected chi connectivity index (χ0v) is 16.5. The minimum atomic E-state index is -0.330. The molecule has 2 N–H and O–H groups in total. The summed E-state index contributed by atoms with van der Waals surface area (Å²) in [5.41, 5.74) is 4.07. The lowest BCUT2D eigenvalue weighted by Crippen LogP contribution is -2.34. The van der Waals surface area contributed by atoms with Gasteiger partial charge < -0.3 is 15.4 Å². The molecular formula is C20H18FN3O2S2. The van der Waals surface area contributed by atoms with Crippen molar-refractivity contribution in [1.82, 2.24) is 10.3 Å². The molecule has 3 aromatic rings. The Hall–Kier alpha value is -2.58. The maximum atomic E-state index is 13.6. The molecule has 5 nitrogen and oxygen atoms in total. The van der Waals surface area contributed by atoms with E-state index in [1.807, 2.05) is 17.5 Å². The number of thiazole rings is 1. The number of nitrogens with zero attached hydrogens (tertiary/aromatic N) is 1. The van der Waals surface area contributed by atoms with E-state index < -0.39 is 0 Å². The number of halogens is 1. The van der Waals surface area contributed by atoms with Gasteiger partial charge in [-0.2, -0.15) is 0 Å². The molecule has 0 saturated heterocycles. The van der Waals surface area contributed by atoms with Crippen LogP contribution in [-0.4, -0.2) is 16.8 Å². The fourth-order valence-electron chi connectivity index (χ4n) is 2.97. The summed E-state index contributed by atoms with van der Waals surface area (Å²) >= 11 is 3.20. The van der Waals surface area contributed by atoms with Crippen LogP contribution in [0.1, 0.15) is 23.7 Å². The number of carbonyl (C=O) groups is 1. The van der Waals surface area contributed by atoms with Gasteiger partial charge in [-0.05, 0) is 42.3 Å². The van der Waals surface area contributed by atoms with Gasteiger partial charge in [0.05, 0.1) is 17.2 Å². The fraction of sp³-hybridized carbons (Fsp3) is 0.200. The number of benzene rings is 2. The van der Waals surface area contributed by atoms with Gasteiger partial charge in [0, 0.05) is 27.8 Å². The van der Waals surface area contributed by atoms with Crippen molar-refractivity contribution in [2.75, 3.05) is 11.1 Å². The lowest BCUT2D eigenvalue weighted by atomic mass is 10.0. The summed E-state index contributed by atoms with van der Waals surface area (Å²) in [4.78, 5) is 17.6. The minimum absolute atomic E-state index is 0.212. The Bertz CT molecular complexity index is 966. The average molecular weight is 416 g/mol. The Kier molecular flexibility index (Phi) is 5.78. The van der Waals surface area contributed by atoms with Crippen molar-refractivity contribution in [2.45, 2.75) is 24.0 Å². The van der Waals surface area contributed by atoms with Crippen LogP contribution in [0.3, 0.4) is 0 Å². The summed E-state index contributed by atoms with van der Waals surface area (Å²) in [6.45, 7) is 0.376. The van der Waals surface area contributed by atoms with Crippen LogP contribution in [0.15, 0.2) is 58.3 Å². The van der Waals surface area contributed by atoms with E-state index in [-0.39, 0.29) is 17.9 Å². The number of rotatable bonds is 5. The van der Waals surface area contributed by atoms with Crippen molar-refractivity contribution < 1.29 is 13.9 Å². The van der Waals surface area contributed by atoms with Gasteiger partial charge in [0.15, 0.2) is 0 Å². The van der Waals surface area contributed by atoms with Crippen molar-refractivity contribution in [3.8, 4) is 5.75 Å². The zero-order chi connectivity index (χ0) is 19.3. The number of urea groups is 1. The van der Waals surface area contributed by atoms with Crippen LogP contribution in [0.25, 0.3) is 0 Å². The molecule has 0 fully saturated rings. The molecule has 1 atom stereocenters. The van der Waals surface area contributed by atoms with Gasteiger partial charge in [-0.1, -0.05) is 6.07 Å². The monoisotopic (exact) mass is 415 g/mol. The number of hydrogen-bond acceptors (Lipinski definition) is 5. The summed E-state index contributed by atoms with van der Waals surface area (Å²) in [6.07, 6.45) is 0.755. The molecule has 28 heavy (non-hydrogen) atoms. The first-order valence-corrected chi connectivity index (χ1v) is 10.7. The maximum absolute atomic E-state index is 13.6. The molecule has 4 rings (SSSR count). The van der Waals surface area contributed by atoms with Crippen LogP contribution >= 0.6 is 23.1 Å². The van der Waals surface area contributed by atoms with Gasteiger partial charge in [0.2, 0.25) is 0 Å². The Morgan fingerprint density at radius 3 is 3.07 bits per heavy atom. The normalized spacial score (nSPS) is 15.5. The molecule has 1 unspecified atom stereocenters. The number of ether oxygens (including phenoxy) is 1. The predicted octanol–water partition coefficient (Wildman–Crippen LogP) is 5.22. The van der Waals surface area contributed by atoms with E-state index in [2.05, 4.69) is 15.6 Å². The Morgan fingerprint density at radius 2 is 2.21 bits per heavy atom. The minimum Gasteiger partial charge on any atom is -0.487 e. The SMILES string of the molecule is O=C(Nc1cccc(OCc2cscn2)c1)NC1CCSc2ccc(F)cc21. The van der Waals surface area contributed by atoms with Crippen molar-refractivity contribution in [3.63, 3.8) is 0 Å². The van der Waals surface area contributed by atoms with Crippen molar-refractivity contribution in [1.29, 1.82) is 0 Å². The van der Waals surface area contributed by atoms with Crippen molar-refractivity contribution in [2.24, 2.45) is 0 Å². The number of amides is 2. The summed E-state index contributed by atoms with van der Waals surface area (Å²) in [6, 6.07) is 11.4. The molecule has 0 saturated carbocycles. The van der Waals surface area contributed by atoms with Crippen molar-refractivity contribution in [3.05, 3.63) is 70.4 Å². The number of anilines is 1.